The molecule has 0 saturated heterocycles. The molecule has 0 radical (unpaired) electrons. The lowest BCUT2D eigenvalue weighted by atomic mass is 10.1. The Hall–Kier alpha value is -3.12. The SMILES string of the molecule is O=c1nc(NCc2ccon2)c2ccc(C3CC3)cc2n1-c1ccccc1Cl. The van der Waals surface area contributed by atoms with Gasteiger partial charge in [-0.25, -0.2) is 4.79 Å². The molecule has 1 saturated carbocycles. The van der Waals surface area contributed by atoms with E-state index in [0.717, 1.165) is 16.6 Å². The zero-order valence-corrected chi connectivity index (χ0v) is 15.7. The predicted molar refractivity (Wildman–Crippen MR) is 108 cm³/mol. The van der Waals surface area contributed by atoms with Crippen LogP contribution in [0.4, 0.5) is 5.82 Å². The Morgan fingerprint density at radius 3 is 2.79 bits per heavy atom. The van der Waals surface area contributed by atoms with Gasteiger partial charge in [0.05, 0.1) is 22.8 Å². The van der Waals surface area contributed by atoms with E-state index >= 15 is 0 Å². The third-order valence-corrected chi connectivity index (χ3v) is 5.31. The third-order valence-electron chi connectivity index (χ3n) is 4.99. The Morgan fingerprint density at radius 1 is 1.18 bits per heavy atom. The zero-order valence-electron chi connectivity index (χ0n) is 14.9. The average molecular weight is 393 g/mol. The van der Waals surface area contributed by atoms with Crippen molar-refractivity contribution < 1.29 is 4.52 Å². The number of halogens is 1. The number of anilines is 1. The van der Waals surface area contributed by atoms with Crippen LogP contribution in [-0.2, 0) is 6.54 Å². The lowest BCUT2D eigenvalue weighted by molar-refractivity contribution is 0.412. The summed E-state index contributed by atoms with van der Waals surface area (Å²) >= 11 is 6.39. The first-order valence-corrected chi connectivity index (χ1v) is 9.53. The molecular weight excluding hydrogens is 376 g/mol. The summed E-state index contributed by atoms with van der Waals surface area (Å²) in [5.41, 5.74) is 3.01. The van der Waals surface area contributed by atoms with E-state index in [-0.39, 0.29) is 5.69 Å². The summed E-state index contributed by atoms with van der Waals surface area (Å²) in [5, 5.41) is 8.46. The number of nitrogens with one attached hydrogen (secondary N) is 1. The van der Waals surface area contributed by atoms with Crippen molar-refractivity contribution in [3.63, 3.8) is 0 Å². The van der Waals surface area contributed by atoms with Gasteiger partial charge in [-0.3, -0.25) is 4.57 Å². The lowest BCUT2D eigenvalue weighted by Crippen LogP contribution is -2.24. The molecule has 140 valence electrons. The quantitative estimate of drug-likeness (QED) is 0.540. The van der Waals surface area contributed by atoms with E-state index in [4.69, 9.17) is 16.1 Å². The number of hydrogen-bond donors (Lipinski definition) is 1. The number of aromatic nitrogens is 3. The van der Waals surface area contributed by atoms with Crippen molar-refractivity contribution in [2.45, 2.75) is 25.3 Å². The Balaban J connectivity index is 1.69. The zero-order chi connectivity index (χ0) is 19.1. The van der Waals surface area contributed by atoms with Crippen LogP contribution in [-0.4, -0.2) is 14.7 Å². The van der Waals surface area contributed by atoms with Gasteiger partial charge in [-0.1, -0.05) is 35.0 Å². The van der Waals surface area contributed by atoms with Gasteiger partial charge in [-0.05, 0) is 48.6 Å². The van der Waals surface area contributed by atoms with E-state index in [1.54, 1.807) is 16.7 Å². The fourth-order valence-corrected chi connectivity index (χ4v) is 3.64. The molecule has 2 heterocycles. The maximum Gasteiger partial charge on any atom is 0.354 e. The van der Waals surface area contributed by atoms with Gasteiger partial charge in [-0.15, -0.1) is 0 Å². The Morgan fingerprint density at radius 2 is 2.04 bits per heavy atom. The van der Waals surface area contributed by atoms with E-state index in [2.05, 4.69) is 27.6 Å². The number of para-hydroxylation sites is 1. The van der Waals surface area contributed by atoms with Crippen LogP contribution in [0.1, 0.15) is 30.0 Å². The monoisotopic (exact) mass is 392 g/mol. The van der Waals surface area contributed by atoms with Crippen molar-refractivity contribution in [3.8, 4) is 5.69 Å². The van der Waals surface area contributed by atoms with Crippen LogP contribution in [0.25, 0.3) is 16.6 Å². The second-order valence-electron chi connectivity index (χ2n) is 6.93. The van der Waals surface area contributed by atoms with Gasteiger partial charge in [0.1, 0.15) is 17.8 Å². The summed E-state index contributed by atoms with van der Waals surface area (Å²) in [6.45, 7) is 0.415. The smallest absolute Gasteiger partial charge is 0.354 e. The molecule has 0 aliphatic heterocycles. The van der Waals surface area contributed by atoms with Gasteiger partial charge in [0.15, 0.2) is 0 Å². The third kappa shape index (κ3) is 3.05. The summed E-state index contributed by atoms with van der Waals surface area (Å²) in [5.74, 6) is 1.09. The number of benzene rings is 2. The molecular formula is C21H17ClN4O2. The van der Waals surface area contributed by atoms with E-state index in [1.165, 1.54) is 24.7 Å². The van der Waals surface area contributed by atoms with Crippen molar-refractivity contribution in [3.05, 3.63) is 81.6 Å². The van der Waals surface area contributed by atoms with E-state index in [9.17, 15) is 4.79 Å². The molecule has 1 aliphatic carbocycles. The van der Waals surface area contributed by atoms with E-state index in [0.29, 0.717) is 29.0 Å². The molecule has 0 unspecified atom stereocenters. The standard InChI is InChI=1S/C21H17ClN4O2/c22-17-3-1-2-4-18(17)26-19-11-14(13-5-6-13)7-8-16(19)20(24-21(26)27)23-12-15-9-10-28-25-15/h1-4,7-11,13H,5-6,12H2,(H,23,24,27). The molecule has 0 bridgehead atoms. The highest BCUT2D eigenvalue weighted by atomic mass is 35.5. The first kappa shape index (κ1) is 17.0. The predicted octanol–water partition coefficient (Wildman–Crippen LogP) is 4.52. The average Bonchev–Trinajstić information content (AvgIpc) is 3.42. The molecule has 2 aromatic heterocycles. The van der Waals surface area contributed by atoms with Gasteiger partial charge in [0.2, 0.25) is 0 Å². The molecule has 0 spiro atoms. The minimum Gasteiger partial charge on any atom is -0.364 e. The maximum atomic E-state index is 13.0. The van der Waals surface area contributed by atoms with Gasteiger partial charge in [0.25, 0.3) is 0 Å². The normalized spacial score (nSPS) is 13.8. The van der Waals surface area contributed by atoms with Gasteiger partial charge < -0.3 is 9.84 Å². The second-order valence-corrected chi connectivity index (χ2v) is 7.33. The van der Waals surface area contributed by atoms with Crippen LogP contribution in [0.2, 0.25) is 5.02 Å². The molecule has 1 aliphatic rings. The first-order valence-electron chi connectivity index (χ1n) is 9.15. The highest BCUT2D eigenvalue weighted by molar-refractivity contribution is 6.32. The minimum absolute atomic E-state index is 0.379. The number of fused-ring (bicyclic) bond motifs is 1. The summed E-state index contributed by atoms with van der Waals surface area (Å²) < 4.78 is 6.45. The molecule has 28 heavy (non-hydrogen) atoms. The minimum atomic E-state index is -0.379. The first-order chi connectivity index (χ1) is 13.7. The summed E-state index contributed by atoms with van der Waals surface area (Å²) in [4.78, 5) is 17.3. The molecule has 1 N–H and O–H groups in total. The van der Waals surface area contributed by atoms with Crippen LogP contribution in [0.3, 0.4) is 0 Å². The van der Waals surface area contributed by atoms with E-state index < -0.39 is 0 Å². The summed E-state index contributed by atoms with van der Waals surface area (Å²) in [6, 6.07) is 15.3. The number of hydrogen-bond acceptors (Lipinski definition) is 5. The fraction of sp³-hybridized carbons (Fsp3) is 0.190. The highest BCUT2D eigenvalue weighted by Gasteiger charge is 2.24. The second kappa shape index (κ2) is 6.80. The molecule has 4 aromatic rings. The summed E-state index contributed by atoms with van der Waals surface area (Å²) in [6.07, 6.45) is 3.88. The summed E-state index contributed by atoms with van der Waals surface area (Å²) in [7, 11) is 0. The van der Waals surface area contributed by atoms with Crippen molar-refractivity contribution >= 4 is 28.3 Å². The molecule has 0 amide bonds. The number of rotatable bonds is 5. The largest absolute Gasteiger partial charge is 0.364 e. The van der Waals surface area contributed by atoms with Crippen molar-refractivity contribution in [2.24, 2.45) is 0 Å². The lowest BCUT2D eigenvalue weighted by Gasteiger charge is -2.15. The number of nitrogens with zero attached hydrogens (tertiary/aromatic N) is 3. The highest BCUT2D eigenvalue weighted by Crippen LogP contribution is 2.41. The van der Waals surface area contributed by atoms with Crippen molar-refractivity contribution in [1.29, 1.82) is 0 Å². The molecule has 2 aromatic carbocycles. The van der Waals surface area contributed by atoms with Crippen LogP contribution >= 0.6 is 11.6 Å². The van der Waals surface area contributed by atoms with Crippen molar-refractivity contribution in [2.75, 3.05) is 5.32 Å². The molecule has 5 rings (SSSR count). The maximum absolute atomic E-state index is 13.0. The van der Waals surface area contributed by atoms with Gasteiger partial charge in [-0.2, -0.15) is 4.98 Å². The molecule has 7 heteroatoms. The van der Waals surface area contributed by atoms with Crippen LogP contribution in [0, 0.1) is 0 Å². The van der Waals surface area contributed by atoms with Gasteiger partial charge in [0, 0.05) is 11.5 Å². The Kier molecular flexibility index (Phi) is 4.13. The molecule has 6 nitrogen and oxygen atoms in total. The molecule has 1 fully saturated rings. The molecule has 0 atom stereocenters. The van der Waals surface area contributed by atoms with Crippen molar-refractivity contribution in [1.82, 2.24) is 14.7 Å². The van der Waals surface area contributed by atoms with Crippen LogP contribution in [0.15, 0.2) is 64.1 Å². The van der Waals surface area contributed by atoms with Crippen LogP contribution in [0.5, 0.6) is 0 Å². The van der Waals surface area contributed by atoms with Crippen LogP contribution < -0.4 is 11.0 Å². The van der Waals surface area contributed by atoms with Gasteiger partial charge >= 0.3 is 5.69 Å². The topological polar surface area (TPSA) is 73.0 Å². The van der Waals surface area contributed by atoms with E-state index in [1.807, 2.05) is 24.3 Å². The fourth-order valence-electron chi connectivity index (χ4n) is 3.42. The Labute approximate surface area is 165 Å². The Bertz CT molecular complexity index is 1210.